The number of aliphatic hydroxyl groups excluding tert-OH is 2. The molecule has 4 heteroatoms. The monoisotopic (exact) mass is 588 g/mol. The number of hydrogen-bond donors (Lipinski definition) is 3. The molecule has 0 aliphatic rings. The number of allylic oxidation sites excluding steroid dienone is 7. The summed E-state index contributed by atoms with van der Waals surface area (Å²) in [5, 5.41) is 22.8. The molecule has 0 spiro atoms. The summed E-state index contributed by atoms with van der Waals surface area (Å²) in [5.74, 6) is -0.0914. The molecule has 0 saturated carbocycles. The number of unbranched alkanes of at least 4 members (excludes halogenated alkanes) is 18. The van der Waals surface area contributed by atoms with Crippen LogP contribution in [0.5, 0.6) is 0 Å². The van der Waals surface area contributed by atoms with Gasteiger partial charge in [-0.05, 0) is 70.6 Å². The first kappa shape index (κ1) is 40.4. The SMILES string of the molecule is CCCCC/C=C\CCCCCCCC(=O)NC(CO)C(O)/C=C/CC/C=C/CC/C=C/CCCCCCCCCC. The van der Waals surface area contributed by atoms with E-state index in [-0.39, 0.29) is 12.5 Å². The lowest BCUT2D eigenvalue weighted by Gasteiger charge is -2.19. The number of carbonyl (C=O) groups excluding carboxylic acids is 1. The molecule has 0 aromatic heterocycles. The van der Waals surface area contributed by atoms with E-state index >= 15 is 0 Å². The second-order valence-electron chi connectivity index (χ2n) is 11.9. The lowest BCUT2D eigenvalue weighted by atomic mass is 10.1. The molecule has 2 unspecified atom stereocenters. The lowest BCUT2D eigenvalue weighted by molar-refractivity contribution is -0.123. The van der Waals surface area contributed by atoms with Gasteiger partial charge in [0, 0.05) is 6.42 Å². The highest BCUT2D eigenvalue weighted by Gasteiger charge is 2.17. The standard InChI is InChI=1S/C38H69NO3/c1-3-5-7-9-11-13-15-17-18-19-20-21-22-23-25-27-29-31-33-37(41)36(35-40)39-38(42)34-32-30-28-26-24-16-14-12-10-8-6-4-2/h12,14,19-20,23,25,31,33,36-37,40-41H,3-11,13,15-18,21-22,24,26-30,32,34-35H2,1-2H3,(H,39,42)/b14-12-,20-19+,25-23+,33-31+. The maximum atomic E-state index is 12.3. The van der Waals surface area contributed by atoms with Crippen molar-refractivity contribution < 1.29 is 15.0 Å². The zero-order valence-electron chi connectivity index (χ0n) is 27.8. The molecule has 0 rings (SSSR count). The minimum absolute atomic E-state index is 0.0914. The molecular formula is C38H69NO3. The molecule has 0 aliphatic carbocycles. The summed E-state index contributed by atoms with van der Waals surface area (Å²) in [5.41, 5.74) is 0. The molecule has 0 heterocycles. The Hall–Kier alpha value is -1.65. The van der Waals surface area contributed by atoms with E-state index in [1.165, 1.54) is 96.3 Å². The minimum Gasteiger partial charge on any atom is -0.394 e. The first-order valence-electron chi connectivity index (χ1n) is 17.9. The van der Waals surface area contributed by atoms with Gasteiger partial charge in [0.15, 0.2) is 0 Å². The van der Waals surface area contributed by atoms with Crippen molar-refractivity contribution in [3.63, 3.8) is 0 Å². The quantitative estimate of drug-likeness (QED) is 0.0558. The first-order valence-corrected chi connectivity index (χ1v) is 17.9. The molecule has 0 aromatic carbocycles. The molecule has 0 bridgehead atoms. The van der Waals surface area contributed by atoms with Crippen LogP contribution in [0.15, 0.2) is 48.6 Å². The fraction of sp³-hybridized carbons (Fsp3) is 0.763. The third-order valence-corrected chi connectivity index (χ3v) is 7.76. The maximum absolute atomic E-state index is 12.3. The summed E-state index contributed by atoms with van der Waals surface area (Å²) in [4.78, 5) is 12.3. The van der Waals surface area contributed by atoms with Crippen LogP contribution in [-0.2, 0) is 4.79 Å². The Labute approximate surface area is 261 Å². The predicted octanol–water partition coefficient (Wildman–Crippen LogP) is 10.5. The van der Waals surface area contributed by atoms with E-state index in [2.05, 4.69) is 55.6 Å². The molecule has 0 fully saturated rings. The van der Waals surface area contributed by atoms with Crippen LogP contribution in [0.2, 0.25) is 0 Å². The van der Waals surface area contributed by atoms with Gasteiger partial charge in [-0.2, -0.15) is 0 Å². The van der Waals surface area contributed by atoms with Gasteiger partial charge >= 0.3 is 0 Å². The van der Waals surface area contributed by atoms with Crippen molar-refractivity contribution in [3.8, 4) is 0 Å². The molecule has 0 aromatic rings. The van der Waals surface area contributed by atoms with Gasteiger partial charge in [0.2, 0.25) is 5.91 Å². The Kier molecular flexibility index (Phi) is 32.5. The van der Waals surface area contributed by atoms with Crippen LogP contribution in [0.1, 0.15) is 168 Å². The summed E-state index contributed by atoms with van der Waals surface area (Å²) in [6.45, 7) is 4.24. The second kappa shape index (κ2) is 33.8. The van der Waals surface area contributed by atoms with Crippen LogP contribution in [0, 0.1) is 0 Å². The van der Waals surface area contributed by atoms with Gasteiger partial charge in [0.05, 0.1) is 18.8 Å². The van der Waals surface area contributed by atoms with E-state index in [1.54, 1.807) is 6.08 Å². The van der Waals surface area contributed by atoms with Crippen molar-refractivity contribution in [1.82, 2.24) is 5.32 Å². The van der Waals surface area contributed by atoms with Crippen LogP contribution in [0.4, 0.5) is 0 Å². The molecule has 2 atom stereocenters. The van der Waals surface area contributed by atoms with Gasteiger partial charge in [-0.1, -0.05) is 140 Å². The number of carbonyl (C=O) groups is 1. The second-order valence-corrected chi connectivity index (χ2v) is 11.9. The minimum atomic E-state index is -0.871. The molecular weight excluding hydrogens is 518 g/mol. The van der Waals surface area contributed by atoms with Crippen LogP contribution in [-0.4, -0.2) is 34.9 Å². The van der Waals surface area contributed by atoms with Crippen molar-refractivity contribution in [2.45, 2.75) is 180 Å². The van der Waals surface area contributed by atoms with Gasteiger partial charge in [-0.15, -0.1) is 0 Å². The van der Waals surface area contributed by atoms with Gasteiger partial charge in [0.25, 0.3) is 0 Å². The fourth-order valence-electron chi connectivity index (χ4n) is 4.97. The van der Waals surface area contributed by atoms with E-state index < -0.39 is 12.1 Å². The average Bonchev–Trinajstić information content (AvgIpc) is 2.99. The average molecular weight is 588 g/mol. The van der Waals surface area contributed by atoms with Crippen molar-refractivity contribution >= 4 is 5.91 Å². The van der Waals surface area contributed by atoms with Gasteiger partial charge in [-0.3, -0.25) is 4.79 Å². The van der Waals surface area contributed by atoms with E-state index in [1.807, 2.05) is 6.08 Å². The summed E-state index contributed by atoms with van der Waals surface area (Å²) in [6, 6.07) is -0.647. The van der Waals surface area contributed by atoms with Gasteiger partial charge in [0.1, 0.15) is 0 Å². The molecule has 42 heavy (non-hydrogen) atoms. The Morgan fingerprint density at radius 1 is 0.548 bits per heavy atom. The number of rotatable bonds is 31. The third kappa shape index (κ3) is 29.8. The van der Waals surface area contributed by atoms with E-state index in [4.69, 9.17) is 0 Å². The normalized spacial score (nSPS) is 13.7. The molecule has 244 valence electrons. The van der Waals surface area contributed by atoms with E-state index in [9.17, 15) is 15.0 Å². The fourth-order valence-corrected chi connectivity index (χ4v) is 4.97. The highest BCUT2D eigenvalue weighted by Crippen LogP contribution is 2.11. The zero-order chi connectivity index (χ0) is 30.8. The topological polar surface area (TPSA) is 69.6 Å². The van der Waals surface area contributed by atoms with Crippen LogP contribution in [0.3, 0.4) is 0 Å². The molecule has 0 saturated heterocycles. The Morgan fingerprint density at radius 3 is 1.43 bits per heavy atom. The molecule has 4 nitrogen and oxygen atoms in total. The molecule has 3 N–H and O–H groups in total. The van der Waals surface area contributed by atoms with Crippen LogP contribution >= 0.6 is 0 Å². The van der Waals surface area contributed by atoms with Crippen molar-refractivity contribution in [3.05, 3.63) is 48.6 Å². The predicted molar refractivity (Wildman–Crippen MR) is 184 cm³/mol. The summed E-state index contributed by atoms with van der Waals surface area (Å²) in [6.07, 6.45) is 44.8. The zero-order valence-corrected chi connectivity index (χ0v) is 27.8. The van der Waals surface area contributed by atoms with Gasteiger partial charge < -0.3 is 15.5 Å². The molecule has 0 aliphatic heterocycles. The highest BCUT2D eigenvalue weighted by molar-refractivity contribution is 5.76. The molecule has 0 radical (unpaired) electrons. The van der Waals surface area contributed by atoms with Gasteiger partial charge in [-0.25, -0.2) is 0 Å². The van der Waals surface area contributed by atoms with E-state index in [0.29, 0.717) is 6.42 Å². The largest absolute Gasteiger partial charge is 0.394 e. The molecule has 1 amide bonds. The number of hydrogen-bond acceptors (Lipinski definition) is 3. The summed E-state index contributed by atoms with van der Waals surface area (Å²) in [7, 11) is 0. The smallest absolute Gasteiger partial charge is 0.220 e. The number of amides is 1. The Morgan fingerprint density at radius 2 is 0.929 bits per heavy atom. The number of aliphatic hydroxyl groups is 2. The first-order chi connectivity index (χ1) is 20.7. The summed E-state index contributed by atoms with van der Waals surface area (Å²) < 4.78 is 0. The highest BCUT2D eigenvalue weighted by atomic mass is 16.3. The Bertz CT molecular complexity index is 682. The van der Waals surface area contributed by atoms with Crippen LogP contribution < -0.4 is 5.32 Å². The number of nitrogens with one attached hydrogen (secondary N) is 1. The lowest BCUT2D eigenvalue weighted by Crippen LogP contribution is -2.45. The van der Waals surface area contributed by atoms with E-state index in [0.717, 1.165) is 51.4 Å². The van der Waals surface area contributed by atoms with Crippen molar-refractivity contribution in [2.75, 3.05) is 6.61 Å². The van der Waals surface area contributed by atoms with Crippen molar-refractivity contribution in [2.24, 2.45) is 0 Å². The third-order valence-electron chi connectivity index (χ3n) is 7.76. The van der Waals surface area contributed by atoms with Crippen molar-refractivity contribution in [1.29, 1.82) is 0 Å². The maximum Gasteiger partial charge on any atom is 0.220 e. The van der Waals surface area contributed by atoms with Crippen LogP contribution in [0.25, 0.3) is 0 Å². The summed E-state index contributed by atoms with van der Waals surface area (Å²) >= 11 is 0. The Balaban J connectivity index is 3.74.